The van der Waals surface area contributed by atoms with E-state index in [1.165, 1.54) is 7.11 Å². The van der Waals surface area contributed by atoms with Gasteiger partial charge in [-0.1, -0.05) is 0 Å². The molecule has 1 saturated heterocycles. The predicted octanol–water partition coefficient (Wildman–Crippen LogP) is -0.0751. The van der Waals surface area contributed by atoms with Crippen LogP contribution in [0.3, 0.4) is 0 Å². The number of epoxide rings is 1. The van der Waals surface area contributed by atoms with Crippen LogP contribution in [-0.4, -0.2) is 65.3 Å². The fourth-order valence-corrected chi connectivity index (χ4v) is 2.50. The summed E-state index contributed by atoms with van der Waals surface area (Å²) in [5.74, 6) is -0.581. The minimum absolute atomic E-state index is 0.142. The smallest absolute Gasteiger partial charge is 0.311 e. The Morgan fingerprint density at radius 3 is 2.42 bits per heavy atom. The lowest BCUT2D eigenvalue weighted by Gasteiger charge is -2.31. The van der Waals surface area contributed by atoms with Gasteiger partial charge >= 0.3 is 5.97 Å². The zero-order valence-electron chi connectivity index (χ0n) is 11.4. The van der Waals surface area contributed by atoms with E-state index in [2.05, 4.69) is 0 Å². The molecule has 0 N–H and O–H groups in total. The molecular weight excluding hydrogens is 256 g/mol. The third-order valence-corrected chi connectivity index (χ3v) is 3.42. The van der Waals surface area contributed by atoms with Gasteiger partial charge in [0.05, 0.1) is 19.1 Å². The van der Waals surface area contributed by atoms with Crippen LogP contribution in [0.5, 0.6) is 0 Å². The van der Waals surface area contributed by atoms with Gasteiger partial charge in [0, 0.05) is 14.2 Å². The number of esters is 1. The van der Waals surface area contributed by atoms with Gasteiger partial charge in [-0.25, -0.2) is 0 Å². The first-order valence-electron chi connectivity index (χ1n) is 6.17. The number of hydrogen-bond acceptors (Lipinski definition) is 7. The minimum Gasteiger partial charge on any atom is -0.469 e. The Morgan fingerprint density at radius 1 is 1.11 bits per heavy atom. The van der Waals surface area contributed by atoms with E-state index in [0.717, 1.165) is 0 Å². The first-order chi connectivity index (χ1) is 9.22. The maximum atomic E-state index is 11.7. The molecule has 5 atom stereocenters. The molecule has 1 aliphatic carbocycles. The zero-order chi connectivity index (χ0) is 13.8. The molecule has 110 valence electrons. The lowest BCUT2D eigenvalue weighted by molar-refractivity contribution is -0.176. The van der Waals surface area contributed by atoms with E-state index in [0.29, 0.717) is 6.42 Å². The van der Waals surface area contributed by atoms with Crippen molar-refractivity contribution < 1.29 is 33.2 Å². The monoisotopic (exact) mass is 276 g/mol. The number of carbonyl (C=O) groups is 1. The quantitative estimate of drug-likeness (QED) is 0.366. The Kier molecular flexibility index (Phi) is 5.12. The van der Waals surface area contributed by atoms with E-state index in [1.54, 1.807) is 14.2 Å². The normalized spacial score (nSPS) is 36.7. The number of fused-ring (bicyclic) bond motifs is 1. The molecule has 19 heavy (non-hydrogen) atoms. The van der Waals surface area contributed by atoms with Crippen LogP contribution in [0.1, 0.15) is 6.42 Å². The van der Waals surface area contributed by atoms with Gasteiger partial charge in [-0.15, -0.1) is 0 Å². The zero-order valence-corrected chi connectivity index (χ0v) is 11.4. The highest BCUT2D eigenvalue weighted by Crippen LogP contribution is 2.43. The van der Waals surface area contributed by atoms with Crippen molar-refractivity contribution in [2.75, 3.05) is 34.9 Å². The second kappa shape index (κ2) is 6.62. The molecule has 0 amide bonds. The number of rotatable bonds is 7. The van der Waals surface area contributed by atoms with E-state index < -0.39 is 0 Å². The molecule has 0 aromatic rings. The second-order valence-electron chi connectivity index (χ2n) is 4.58. The van der Waals surface area contributed by atoms with Crippen molar-refractivity contribution in [1.29, 1.82) is 0 Å². The number of methoxy groups -OCH3 is 3. The summed E-state index contributed by atoms with van der Waals surface area (Å²) in [6, 6.07) is 0. The Morgan fingerprint density at radius 2 is 1.79 bits per heavy atom. The summed E-state index contributed by atoms with van der Waals surface area (Å²) < 4.78 is 31.3. The van der Waals surface area contributed by atoms with E-state index in [1.807, 2.05) is 0 Å². The van der Waals surface area contributed by atoms with Crippen molar-refractivity contribution in [3.05, 3.63) is 0 Å². The topological polar surface area (TPSA) is 75.8 Å². The van der Waals surface area contributed by atoms with Crippen LogP contribution in [0.4, 0.5) is 0 Å². The molecule has 1 aliphatic heterocycles. The fourth-order valence-electron chi connectivity index (χ4n) is 2.50. The van der Waals surface area contributed by atoms with Crippen molar-refractivity contribution in [3.63, 3.8) is 0 Å². The molecule has 2 fully saturated rings. The Hall–Kier alpha value is -0.730. The molecule has 0 spiro atoms. The van der Waals surface area contributed by atoms with E-state index in [-0.39, 0.29) is 49.9 Å². The molecular formula is C12H20O7. The molecule has 1 heterocycles. The van der Waals surface area contributed by atoms with Gasteiger partial charge in [-0.2, -0.15) is 0 Å². The molecule has 1 saturated carbocycles. The first-order valence-corrected chi connectivity index (χ1v) is 6.17. The SMILES string of the molecule is COCO[C@@H]1[C@@H]2O[C@@H]2[C@@H](C(=O)OC)C[C@H]1OCOC. The first kappa shape index (κ1) is 14.7. The number of ether oxygens (including phenoxy) is 6. The molecule has 0 radical (unpaired) electrons. The minimum atomic E-state index is -0.306. The third-order valence-electron chi connectivity index (χ3n) is 3.42. The molecule has 0 aromatic heterocycles. The predicted molar refractivity (Wildman–Crippen MR) is 62.3 cm³/mol. The second-order valence-corrected chi connectivity index (χ2v) is 4.58. The summed E-state index contributed by atoms with van der Waals surface area (Å²) in [5.41, 5.74) is 0. The maximum Gasteiger partial charge on any atom is 0.311 e. The van der Waals surface area contributed by atoms with Crippen LogP contribution in [0.15, 0.2) is 0 Å². The van der Waals surface area contributed by atoms with E-state index >= 15 is 0 Å². The van der Waals surface area contributed by atoms with E-state index in [4.69, 9.17) is 28.4 Å². The van der Waals surface area contributed by atoms with Gasteiger partial charge in [0.15, 0.2) is 0 Å². The fraction of sp³-hybridized carbons (Fsp3) is 0.917. The van der Waals surface area contributed by atoms with Crippen LogP contribution in [-0.2, 0) is 33.2 Å². The molecule has 0 aromatic carbocycles. The largest absolute Gasteiger partial charge is 0.469 e. The van der Waals surface area contributed by atoms with Gasteiger partial charge in [0.1, 0.15) is 31.9 Å². The number of carbonyl (C=O) groups excluding carboxylic acids is 1. The van der Waals surface area contributed by atoms with Gasteiger partial charge in [0.25, 0.3) is 0 Å². The van der Waals surface area contributed by atoms with Crippen LogP contribution < -0.4 is 0 Å². The van der Waals surface area contributed by atoms with E-state index in [9.17, 15) is 4.79 Å². The highest BCUT2D eigenvalue weighted by molar-refractivity contribution is 5.74. The summed E-state index contributed by atoms with van der Waals surface area (Å²) in [5, 5.41) is 0. The van der Waals surface area contributed by atoms with Gasteiger partial charge in [-0.3, -0.25) is 4.79 Å². The highest BCUT2D eigenvalue weighted by Gasteiger charge is 2.60. The Balaban J connectivity index is 1.99. The van der Waals surface area contributed by atoms with Crippen molar-refractivity contribution in [1.82, 2.24) is 0 Å². The van der Waals surface area contributed by atoms with Gasteiger partial charge in [0.2, 0.25) is 0 Å². The number of hydrogen-bond donors (Lipinski definition) is 0. The maximum absolute atomic E-state index is 11.7. The van der Waals surface area contributed by atoms with Crippen molar-refractivity contribution in [2.45, 2.75) is 30.8 Å². The van der Waals surface area contributed by atoms with Gasteiger partial charge in [-0.05, 0) is 6.42 Å². The summed E-state index contributed by atoms with van der Waals surface area (Å²) in [7, 11) is 4.47. The van der Waals surface area contributed by atoms with Crippen molar-refractivity contribution in [3.8, 4) is 0 Å². The average molecular weight is 276 g/mol. The Labute approximate surface area is 112 Å². The van der Waals surface area contributed by atoms with Crippen LogP contribution in [0.25, 0.3) is 0 Å². The molecule has 0 unspecified atom stereocenters. The molecule has 2 aliphatic rings. The highest BCUT2D eigenvalue weighted by atomic mass is 16.7. The lowest BCUT2D eigenvalue weighted by Crippen LogP contribution is -2.46. The Bertz CT molecular complexity index is 308. The molecule has 0 bridgehead atoms. The van der Waals surface area contributed by atoms with Crippen LogP contribution >= 0.6 is 0 Å². The summed E-state index contributed by atoms with van der Waals surface area (Å²) in [4.78, 5) is 11.7. The van der Waals surface area contributed by atoms with Crippen LogP contribution in [0, 0.1) is 5.92 Å². The summed E-state index contributed by atoms with van der Waals surface area (Å²) in [6.07, 6.45) is -0.318. The molecule has 7 nitrogen and oxygen atoms in total. The van der Waals surface area contributed by atoms with Crippen molar-refractivity contribution in [2.24, 2.45) is 5.92 Å². The summed E-state index contributed by atoms with van der Waals surface area (Å²) >= 11 is 0. The standard InChI is InChI=1S/C12H20O7/c1-14-5-17-8-4-7(12(13)16-3)9-11(19-9)10(8)18-6-15-2/h7-11H,4-6H2,1-3H3/t7-,8+,9+,10-,11+/m0/s1. The lowest BCUT2D eigenvalue weighted by atomic mass is 9.85. The van der Waals surface area contributed by atoms with Gasteiger partial charge < -0.3 is 28.4 Å². The molecule has 2 rings (SSSR count). The molecule has 7 heteroatoms. The van der Waals surface area contributed by atoms with Crippen molar-refractivity contribution >= 4 is 5.97 Å². The summed E-state index contributed by atoms with van der Waals surface area (Å²) in [6.45, 7) is 0.301. The average Bonchev–Trinajstić information content (AvgIpc) is 3.21. The third kappa shape index (κ3) is 3.24. The van der Waals surface area contributed by atoms with Crippen LogP contribution in [0.2, 0.25) is 0 Å².